The maximum atomic E-state index is 5.99. The Morgan fingerprint density at radius 1 is 0.905 bits per heavy atom. The van der Waals surface area contributed by atoms with Gasteiger partial charge in [-0.05, 0) is 35.9 Å². The second kappa shape index (κ2) is 5.94. The number of halogens is 3. The molecule has 0 saturated heterocycles. The molecule has 1 heterocycles. The smallest absolute Gasteiger partial charge is 0.178 e. The maximum absolute atomic E-state index is 5.99. The van der Waals surface area contributed by atoms with E-state index in [0.717, 1.165) is 30.1 Å². The summed E-state index contributed by atoms with van der Waals surface area (Å²) in [5, 5.41) is 3.92. The monoisotopic (exact) mass is 470 g/mol. The summed E-state index contributed by atoms with van der Waals surface area (Å²) >= 11 is 10.4. The number of nitrogen functional groups attached to an aromatic ring is 1. The van der Waals surface area contributed by atoms with Gasteiger partial charge in [0.1, 0.15) is 0 Å². The normalized spacial score (nSPS) is 10.8. The lowest BCUT2D eigenvalue weighted by atomic mass is 10.0. The van der Waals surface area contributed by atoms with Crippen LogP contribution in [0.15, 0.2) is 60.4 Å². The molecule has 1 aromatic heterocycles. The molecule has 21 heavy (non-hydrogen) atoms. The largest absolute Gasteiger partial charge is 0.380 e. The van der Waals surface area contributed by atoms with Crippen molar-refractivity contribution in [3.8, 4) is 22.5 Å². The van der Waals surface area contributed by atoms with E-state index in [9.17, 15) is 0 Å². The zero-order valence-electron chi connectivity index (χ0n) is 10.6. The molecule has 0 aliphatic rings. The van der Waals surface area contributed by atoms with Crippen LogP contribution in [-0.2, 0) is 0 Å². The Kier molecular flexibility index (Phi) is 4.19. The van der Waals surface area contributed by atoms with E-state index in [1.54, 1.807) is 0 Å². The first-order valence-corrected chi connectivity index (χ1v) is 8.40. The average Bonchev–Trinajstić information content (AvgIpc) is 2.84. The van der Waals surface area contributed by atoms with Gasteiger partial charge in [0.05, 0.1) is 5.56 Å². The summed E-state index contributed by atoms with van der Waals surface area (Å²) in [5.74, 6) is 1.02. The van der Waals surface area contributed by atoms with Crippen LogP contribution in [0, 0.1) is 0 Å². The fourth-order valence-corrected chi connectivity index (χ4v) is 3.11. The molecular weight excluding hydrogens is 464 g/mol. The lowest BCUT2D eigenvalue weighted by Gasteiger charge is -2.06. The van der Waals surface area contributed by atoms with E-state index in [-0.39, 0.29) is 0 Å². The summed E-state index contributed by atoms with van der Waals surface area (Å²) in [6, 6.07) is 13.7. The molecule has 0 aliphatic heterocycles. The summed E-state index contributed by atoms with van der Waals surface area (Å²) in [6.07, 6.45) is 0. The first-order chi connectivity index (χ1) is 10.1. The molecule has 0 fully saturated rings. The zero-order chi connectivity index (χ0) is 15.0. The third-order valence-corrected chi connectivity index (χ3v) is 4.74. The second-order valence-corrected chi connectivity index (χ2v) is 7.09. The molecule has 0 saturated carbocycles. The van der Waals surface area contributed by atoms with Crippen LogP contribution >= 0.6 is 47.8 Å². The van der Waals surface area contributed by atoms with Crippen LogP contribution < -0.4 is 5.73 Å². The number of benzene rings is 2. The third-order valence-electron chi connectivity index (χ3n) is 3.02. The van der Waals surface area contributed by atoms with E-state index in [4.69, 9.17) is 10.3 Å². The summed E-state index contributed by atoms with van der Waals surface area (Å²) in [7, 11) is 0. The molecule has 3 nitrogen and oxygen atoms in total. The number of rotatable bonds is 2. The van der Waals surface area contributed by atoms with Crippen LogP contribution in [0.1, 0.15) is 0 Å². The highest BCUT2D eigenvalue weighted by Gasteiger charge is 2.19. The van der Waals surface area contributed by atoms with Gasteiger partial charge in [0.2, 0.25) is 0 Å². The molecule has 2 N–H and O–H groups in total. The second-order valence-electron chi connectivity index (χ2n) is 4.40. The van der Waals surface area contributed by atoms with Gasteiger partial charge in [-0.2, -0.15) is 0 Å². The minimum absolute atomic E-state index is 0.374. The number of aromatic nitrogens is 1. The van der Waals surface area contributed by atoms with E-state index < -0.39 is 0 Å². The third kappa shape index (κ3) is 2.93. The predicted molar refractivity (Wildman–Crippen MR) is 94.9 cm³/mol. The molecule has 106 valence electrons. The van der Waals surface area contributed by atoms with Crippen molar-refractivity contribution in [2.45, 2.75) is 0 Å². The molecule has 0 radical (unpaired) electrons. The Labute approximate surface area is 146 Å². The summed E-state index contributed by atoms with van der Waals surface area (Å²) < 4.78 is 8.34. The lowest BCUT2D eigenvalue weighted by molar-refractivity contribution is 0.436. The Bertz CT molecular complexity index is 797. The van der Waals surface area contributed by atoms with Crippen LogP contribution in [0.4, 0.5) is 5.82 Å². The van der Waals surface area contributed by atoms with Gasteiger partial charge in [-0.3, -0.25) is 0 Å². The molecule has 3 rings (SSSR count). The van der Waals surface area contributed by atoms with Crippen LogP contribution in [0.5, 0.6) is 0 Å². The zero-order valence-corrected chi connectivity index (χ0v) is 15.4. The summed E-state index contributed by atoms with van der Waals surface area (Å²) in [4.78, 5) is 0. The number of anilines is 1. The fourth-order valence-electron chi connectivity index (χ4n) is 2.05. The minimum atomic E-state index is 0.374. The van der Waals surface area contributed by atoms with Gasteiger partial charge in [-0.25, -0.2) is 0 Å². The molecule has 0 amide bonds. The molecule has 2 aromatic carbocycles. The van der Waals surface area contributed by atoms with Crippen LogP contribution in [-0.4, -0.2) is 5.16 Å². The van der Waals surface area contributed by atoms with Crippen molar-refractivity contribution < 1.29 is 4.52 Å². The van der Waals surface area contributed by atoms with E-state index in [2.05, 4.69) is 52.9 Å². The van der Waals surface area contributed by atoms with Crippen molar-refractivity contribution >= 4 is 53.6 Å². The fraction of sp³-hybridized carbons (Fsp3) is 0. The standard InChI is InChI=1S/C15H9Br3N2O/c16-9-3-1-8(2-4-9)13-14(21-20-15(13)19)11-7-10(17)5-6-12(11)18/h1-7H,(H2,19,20). The highest BCUT2D eigenvalue weighted by molar-refractivity contribution is 9.11. The van der Waals surface area contributed by atoms with Crippen LogP contribution in [0.25, 0.3) is 22.5 Å². The SMILES string of the molecule is Nc1noc(-c2cc(Br)ccc2Br)c1-c1ccc(Br)cc1. The van der Waals surface area contributed by atoms with Gasteiger partial charge in [0.25, 0.3) is 0 Å². The van der Waals surface area contributed by atoms with Crippen molar-refractivity contribution in [3.63, 3.8) is 0 Å². The molecule has 3 aromatic rings. The van der Waals surface area contributed by atoms with Crippen molar-refractivity contribution in [3.05, 3.63) is 55.9 Å². The molecule has 0 atom stereocenters. The van der Waals surface area contributed by atoms with Gasteiger partial charge in [0, 0.05) is 19.0 Å². The Balaban J connectivity index is 2.21. The molecule has 0 unspecified atom stereocenters. The van der Waals surface area contributed by atoms with E-state index in [1.165, 1.54) is 0 Å². The van der Waals surface area contributed by atoms with Gasteiger partial charge >= 0.3 is 0 Å². The van der Waals surface area contributed by atoms with Crippen molar-refractivity contribution in [2.24, 2.45) is 0 Å². The topological polar surface area (TPSA) is 52.0 Å². The predicted octanol–water partition coefficient (Wildman–Crippen LogP) is 5.88. The van der Waals surface area contributed by atoms with Gasteiger partial charge < -0.3 is 10.3 Å². The first-order valence-electron chi connectivity index (χ1n) is 6.03. The average molecular weight is 473 g/mol. The van der Waals surface area contributed by atoms with Crippen LogP contribution in [0.3, 0.4) is 0 Å². The van der Waals surface area contributed by atoms with E-state index in [0.29, 0.717) is 11.6 Å². The Morgan fingerprint density at radius 3 is 2.29 bits per heavy atom. The van der Waals surface area contributed by atoms with Gasteiger partial charge in [-0.15, -0.1) is 0 Å². The van der Waals surface area contributed by atoms with E-state index in [1.807, 2.05) is 42.5 Å². The number of nitrogens with zero attached hydrogens (tertiary/aromatic N) is 1. The number of hydrogen-bond acceptors (Lipinski definition) is 3. The maximum Gasteiger partial charge on any atom is 0.178 e. The molecule has 0 spiro atoms. The van der Waals surface area contributed by atoms with E-state index >= 15 is 0 Å². The van der Waals surface area contributed by atoms with Crippen molar-refractivity contribution in [1.82, 2.24) is 5.16 Å². The highest BCUT2D eigenvalue weighted by Crippen LogP contribution is 2.40. The Morgan fingerprint density at radius 2 is 1.57 bits per heavy atom. The Hall–Kier alpha value is -1.11. The highest BCUT2D eigenvalue weighted by atomic mass is 79.9. The lowest BCUT2D eigenvalue weighted by Crippen LogP contribution is -1.89. The summed E-state index contributed by atoms with van der Waals surface area (Å²) in [5.41, 5.74) is 8.64. The van der Waals surface area contributed by atoms with Gasteiger partial charge in [-0.1, -0.05) is 65.1 Å². The van der Waals surface area contributed by atoms with Gasteiger partial charge in [0.15, 0.2) is 11.6 Å². The quantitative estimate of drug-likeness (QED) is 0.507. The number of nitrogens with two attached hydrogens (primary N) is 1. The molecule has 0 bridgehead atoms. The minimum Gasteiger partial charge on any atom is -0.380 e. The summed E-state index contributed by atoms with van der Waals surface area (Å²) in [6.45, 7) is 0. The molecule has 0 aliphatic carbocycles. The van der Waals surface area contributed by atoms with Crippen molar-refractivity contribution in [2.75, 3.05) is 5.73 Å². The number of hydrogen-bond donors (Lipinski definition) is 1. The first kappa shape index (κ1) is 14.8. The molecule has 6 heteroatoms. The van der Waals surface area contributed by atoms with Crippen molar-refractivity contribution in [1.29, 1.82) is 0 Å². The molecular formula is C15H9Br3N2O. The van der Waals surface area contributed by atoms with Crippen LogP contribution in [0.2, 0.25) is 0 Å².